The summed E-state index contributed by atoms with van der Waals surface area (Å²) in [7, 11) is 0. The maximum atomic E-state index is 12.2. The first-order chi connectivity index (χ1) is 8.45. The molecule has 0 spiro atoms. The highest BCUT2D eigenvalue weighted by Crippen LogP contribution is 2.33. The molecular weight excluding hydrogens is 376 g/mol. The fraction of sp³-hybridized carbons (Fsp3) is 0.214. The molecule has 0 amide bonds. The van der Waals surface area contributed by atoms with Crippen molar-refractivity contribution in [1.29, 1.82) is 0 Å². The van der Waals surface area contributed by atoms with E-state index in [-0.39, 0.29) is 5.78 Å². The molecule has 0 unspecified atom stereocenters. The number of thiophene rings is 1. The minimum absolute atomic E-state index is 0.163. The molecule has 0 radical (unpaired) electrons. The highest BCUT2D eigenvalue weighted by atomic mass is 79.9. The third kappa shape index (κ3) is 3.31. The quantitative estimate of drug-likeness (QED) is 0.651. The van der Waals surface area contributed by atoms with Crippen LogP contribution in [0.1, 0.15) is 26.4 Å². The molecule has 1 heterocycles. The van der Waals surface area contributed by atoms with Crippen molar-refractivity contribution in [3.8, 4) is 0 Å². The van der Waals surface area contributed by atoms with Crippen LogP contribution in [0.4, 0.5) is 0 Å². The predicted octanol–water partition coefficient (Wildman–Crippen LogP) is 5.32. The second-order valence-corrected chi connectivity index (χ2v) is 7.55. The predicted molar refractivity (Wildman–Crippen MR) is 83.7 cm³/mol. The molecule has 0 bridgehead atoms. The number of Topliss-reactive ketones (excluding diaryl/α,β-unsaturated/α-hetero) is 1. The molecule has 0 fully saturated rings. The number of ketones is 1. The van der Waals surface area contributed by atoms with Gasteiger partial charge >= 0.3 is 0 Å². The van der Waals surface area contributed by atoms with Crippen LogP contribution in [0.25, 0.3) is 0 Å². The minimum atomic E-state index is 0.163. The molecular formula is C14H12Br2OS. The number of halogens is 2. The first kappa shape index (κ1) is 14.0. The van der Waals surface area contributed by atoms with E-state index in [0.717, 1.165) is 18.7 Å². The van der Waals surface area contributed by atoms with Gasteiger partial charge in [-0.25, -0.2) is 0 Å². The van der Waals surface area contributed by atoms with Crippen molar-refractivity contribution in [2.75, 3.05) is 0 Å². The zero-order valence-corrected chi connectivity index (χ0v) is 14.1. The van der Waals surface area contributed by atoms with Crippen LogP contribution in [0.2, 0.25) is 0 Å². The molecule has 1 aromatic carbocycles. The number of hydrogen-bond acceptors (Lipinski definition) is 2. The smallest absolute Gasteiger partial charge is 0.177 e. The van der Waals surface area contributed by atoms with Gasteiger partial charge in [-0.05, 0) is 57.3 Å². The standard InChI is InChI=1S/C14H12Br2OS/c1-8-3-9(2)5-10(4-8)6-12(17)13-7-11(15)14(16)18-13/h3-5,7H,6H2,1-2H3. The zero-order chi connectivity index (χ0) is 13.3. The Bertz CT molecular complexity index is 562. The van der Waals surface area contributed by atoms with E-state index in [0.29, 0.717) is 6.42 Å². The van der Waals surface area contributed by atoms with E-state index in [1.165, 1.54) is 22.5 Å². The van der Waals surface area contributed by atoms with Gasteiger partial charge in [0, 0.05) is 10.9 Å². The molecule has 1 nitrogen and oxygen atoms in total. The minimum Gasteiger partial charge on any atom is -0.293 e. The highest BCUT2D eigenvalue weighted by Gasteiger charge is 2.13. The summed E-state index contributed by atoms with van der Waals surface area (Å²) in [6.07, 6.45) is 0.460. The van der Waals surface area contributed by atoms with Gasteiger partial charge in [0.2, 0.25) is 0 Å². The second kappa shape index (κ2) is 5.68. The van der Waals surface area contributed by atoms with Crippen molar-refractivity contribution < 1.29 is 4.79 Å². The Morgan fingerprint density at radius 2 is 1.72 bits per heavy atom. The number of hydrogen-bond donors (Lipinski definition) is 0. The SMILES string of the molecule is Cc1cc(C)cc(CC(=O)c2cc(Br)c(Br)s2)c1. The zero-order valence-electron chi connectivity index (χ0n) is 10.1. The van der Waals surface area contributed by atoms with Crippen molar-refractivity contribution >= 4 is 49.0 Å². The Labute approximate surface area is 127 Å². The van der Waals surface area contributed by atoms with Gasteiger partial charge in [-0.1, -0.05) is 29.3 Å². The molecule has 0 aliphatic rings. The summed E-state index contributed by atoms with van der Waals surface area (Å²) in [5.41, 5.74) is 3.48. The van der Waals surface area contributed by atoms with Crippen molar-refractivity contribution in [2.45, 2.75) is 20.3 Å². The van der Waals surface area contributed by atoms with Crippen LogP contribution >= 0.6 is 43.2 Å². The first-order valence-electron chi connectivity index (χ1n) is 5.51. The molecule has 0 atom stereocenters. The average molecular weight is 388 g/mol. The molecule has 0 saturated carbocycles. The summed E-state index contributed by atoms with van der Waals surface area (Å²) in [5.74, 6) is 0.163. The third-order valence-corrected chi connectivity index (χ3v) is 5.86. The molecule has 0 aliphatic carbocycles. The van der Waals surface area contributed by atoms with Gasteiger partial charge < -0.3 is 0 Å². The summed E-state index contributed by atoms with van der Waals surface area (Å²) < 4.78 is 1.91. The molecule has 4 heteroatoms. The number of benzene rings is 1. The average Bonchev–Trinajstić information content (AvgIpc) is 2.57. The molecule has 0 saturated heterocycles. The molecule has 0 aliphatic heterocycles. The molecule has 0 N–H and O–H groups in total. The molecule has 1 aromatic heterocycles. The number of aryl methyl sites for hydroxylation is 2. The van der Waals surface area contributed by atoms with E-state index < -0.39 is 0 Å². The summed E-state index contributed by atoms with van der Waals surface area (Å²) in [5, 5.41) is 0. The van der Waals surface area contributed by atoms with Crippen LogP contribution < -0.4 is 0 Å². The normalized spacial score (nSPS) is 10.7. The Balaban J connectivity index is 2.21. The largest absolute Gasteiger partial charge is 0.293 e. The summed E-state index contributed by atoms with van der Waals surface area (Å²) in [4.78, 5) is 13.0. The third-order valence-electron chi connectivity index (χ3n) is 2.57. The maximum Gasteiger partial charge on any atom is 0.177 e. The van der Waals surface area contributed by atoms with Crippen LogP contribution in [0, 0.1) is 13.8 Å². The van der Waals surface area contributed by atoms with Gasteiger partial charge in [0.15, 0.2) is 5.78 Å². The molecule has 94 valence electrons. The Kier molecular flexibility index (Phi) is 4.41. The fourth-order valence-corrected chi connectivity index (χ4v) is 3.90. The van der Waals surface area contributed by atoms with Gasteiger partial charge in [0.25, 0.3) is 0 Å². The second-order valence-electron chi connectivity index (χ2n) is 4.33. The number of carbonyl (C=O) groups is 1. The van der Waals surface area contributed by atoms with E-state index in [2.05, 4.69) is 63.9 Å². The maximum absolute atomic E-state index is 12.2. The van der Waals surface area contributed by atoms with Crippen LogP contribution in [0.15, 0.2) is 32.5 Å². The van der Waals surface area contributed by atoms with Crippen LogP contribution in [0.5, 0.6) is 0 Å². The Morgan fingerprint density at radius 1 is 1.11 bits per heavy atom. The fourth-order valence-electron chi connectivity index (χ4n) is 1.93. The van der Waals surface area contributed by atoms with Crippen molar-refractivity contribution in [1.82, 2.24) is 0 Å². The van der Waals surface area contributed by atoms with E-state index >= 15 is 0 Å². The molecule has 18 heavy (non-hydrogen) atoms. The van der Waals surface area contributed by atoms with Gasteiger partial charge in [-0.3, -0.25) is 4.79 Å². The molecule has 2 rings (SSSR count). The summed E-state index contributed by atoms with van der Waals surface area (Å²) >= 11 is 8.29. The van der Waals surface area contributed by atoms with Crippen LogP contribution in [0.3, 0.4) is 0 Å². The van der Waals surface area contributed by atoms with E-state index in [9.17, 15) is 4.79 Å². The van der Waals surface area contributed by atoms with Gasteiger partial charge in [0.05, 0.1) is 8.66 Å². The Hall–Kier alpha value is -0.450. The van der Waals surface area contributed by atoms with E-state index in [1.807, 2.05) is 6.07 Å². The Morgan fingerprint density at radius 3 is 2.22 bits per heavy atom. The van der Waals surface area contributed by atoms with Crippen molar-refractivity contribution in [3.63, 3.8) is 0 Å². The first-order valence-corrected chi connectivity index (χ1v) is 7.91. The molecule has 2 aromatic rings. The number of rotatable bonds is 3. The van der Waals surface area contributed by atoms with Gasteiger partial charge in [-0.2, -0.15) is 0 Å². The monoisotopic (exact) mass is 386 g/mol. The van der Waals surface area contributed by atoms with Gasteiger partial charge in [0.1, 0.15) is 0 Å². The van der Waals surface area contributed by atoms with Crippen LogP contribution in [-0.4, -0.2) is 5.78 Å². The van der Waals surface area contributed by atoms with E-state index in [1.54, 1.807) is 0 Å². The lowest BCUT2D eigenvalue weighted by Crippen LogP contribution is -2.01. The number of carbonyl (C=O) groups excluding carboxylic acids is 1. The van der Waals surface area contributed by atoms with E-state index in [4.69, 9.17) is 0 Å². The highest BCUT2D eigenvalue weighted by molar-refractivity contribution is 9.13. The van der Waals surface area contributed by atoms with Crippen molar-refractivity contribution in [3.05, 3.63) is 54.1 Å². The summed E-state index contributed by atoms with van der Waals surface area (Å²) in [6, 6.07) is 8.14. The van der Waals surface area contributed by atoms with Gasteiger partial charge in [-0.15, -0.1) is 11.3 Å². The lowest BCUT2D eigenvalue weighted by molar-refractivity contribution is 0.0997. The topological polar surface area (TPSA) is 17.1 Å². The summed E-state index contributed by atoms with van der Waals surface area (Å²) in [6.45, 7) is 4.11. The van der Waals surface area contributed by atoms with Crippen molar-refractivity contribution in [2.24, 2.45) is 0 Å². The lowest BCUT2D eigenvalue weighted by Gasteiger charge is -2.03. The van der Waals surface area contributed by atoms with Crippen LogP contribution in [-0.2, 0) is 6.42 Å². The lowest BCUT2D eigenvalue weighted by atomic mass is 10.0.